The first kappa shape index (κ1) is 12.3. The van der Waals surface area contributed by atoms with Crippen molar-refractivity contribution in [1.29, 1.82) is 0 Å². The SMILES string of the molecule is Nc1cc(OC(F)(F)F)c(Cl)cc1CCl. The van der Waals surface area contributed by atoms with E-state index in [0.29, 0.717) is 5.56 Å². The molecule has 84 valence electrons. The van der Waals surface area contributed by atoms with Crippen LogP contribution in [-0.4, -0.2) is 6.36 Å². The molecule has 0 bridgehead atoms. The number of nitrogen functional groups attached to an aromatic ring is 1. The maximum absolute atomic E-state index is 11.9. The molecule has 0 saturated heterocycles. The van der Waals surface area contributed by atoms with Gasteiger partial charge in [-0.3, -0.25) is 0 Å². The third kappa shape index (κ3) is 3.35. The summed E-state index contributed by atoms with van der Waals surface area (Å²) in [6.45, 7) is 0. The zero-order valence-electron chi connectivity index (χ0n) is 7.24. The van der Waals surface area contributed by atoms with E-state index in [0.717, 1.165) is 6.07 Å². The number of hydrogen-bond acceptors (Lipinski definition) is 2. The highest BCUT2D eigenvalue weighted by atomic mass is 35.5. The summed E-state index contributed by atoms with van der Waals surface area (Å²) >= 11 is 11.0. The molecule has 7 heteroatoms. The molecule has 0 aliphatic carbocycles. The molecule has 2 nitrogen and oxygen atoms in total. The summed E-state index contributed by atoms with van der Waals surface area (Å²) in [6.07, 6.45) is -4.79. The Balaban J connectivity index is 3.05. The van der Waals surface area contributed by atoms with Gasteiger partial charge in [0.15, 0.2) is 0 Å². The van der Waals surface area contributed by atoms with Crippen LogP contribution in [0.3, 0.4) is 0 Å². The van der Waals surface area contributed by atoms with E-state index in [1.54, 1.807) is 0 Å². The van der Waals surface area contributed by atoms with E-state index < -0.39 is 12.1 Å². The molecule has 1 aromatic rings. The number of rotatable bonds is 2. The van der Waals surface area contributed by atoms with E-state index in [1.807, 2.05) is 0 Å². The minimum absolute atomic E-state index is 0.0673. The fraction of sp³-hybridized carbons (Fsp3) is 0.250. The van der Waals surface area contributed by atoms with Crippen LogP contribution in [0.4, 0.5) is 18.9 Å². The van der Waals surface area contributed by atoms with Crippen LogP contribution in [0.25, 0.3) is 0 Å². The molecule has 0 heterocycles. The predicted molar refractivity (Wildman–Crippen MR) is 52.1 cm³/mol. The average Bonchev–Trinajstić information content (AvgIpc) is 2.08. The van der Waals surface area contributed by atoms with Crippen molar-refractivity contribution < 1.29 is 17.9 Å². The molecule has 0 atom stereocenters. The summed E-state index contributed by atoms with van der Waals surface area (Å²) in [5.41, 5.74) is 5.99. The number of alkyl halides is 4. The standard InChI is InChI=1S/C8H6Cl2F3NO/c9-3-4-1-5(10)7(2-6(4)14)15-8(11,12)13/h1-2H,3,14H2. The van der Waals surface area contributed by atoms with Gasteiger partial charge in [0.25, 0.3) is 0 Å². The van der Waals surface area contributed by atoms with Crippen molar-refractivity contribution >= 4 is 28.9 Å². The number of halogens is 5. The Morgan fingerprint density at radius 1 is 1.33 bits per heavy atom. The summed E-state index contributed by atoms with van der Waals surface area (Å²) in [6, 6.07) is 2.23. The summed E-state index contributed by atoms with van der Waals surface area (Å²) in [7, 11) is 0. The van der Waals surface area contributed by atoms with Crippen molar-refractivity contribution in [1.82, 2.24) is 0 Å². The van der Waals surface area contributed by atoms with Crippen LogP contribution >= 0.6 is 23.2 Å². The van der Waals surface area contributed by atoms with Gasteiger partial charge in [0.05, 0.1) is 5.02 Å². The molecule has 0 aliphatic rings. The minimum Gasteiger partial charge on any atom is -0.404 e. The van der Waals surface area contributed by atoms with Crippen LogP contribution in [0.5, 0.6) is 5.75 Å². The van der Waals surface area contributed by atoms with Gasteiger partial charge in [-0.1, -0.05) is 11.6 Å². The summed E-state index contributed by atoms with van der Waals surface area (Å²) < 4.78 is 39.3. The van der Waals surface area contributed by atoms with Crippen LogP contribution in [0.1, 0.15) is 5.56 Å². The molecule has 0 unspecified atom stereocenters. The molecule has 0 radical (unpaired) electrons. The quantitative estimate of drug-likeness (QED) is 0.651. The lowest BCUT2D eigenvalue weighted by atomic mass is 10.2. The van der Waals surface area contributed by atoms with Crippen molar-refractivity contribution in [3.8, 4) is 5.75 Å². The topological polar surface area (TPSA) is 35.2 Å². The number of anilines is 1. The first-order chi connectivity index (χ1) is 6.83. The summed E-state index contributed by atoms with van der Waals surface area (Å²) in [5, 5.41) is -0.183. The van der Waals surface area contributed by atoms with E-state index in [9.17, 15) is 13.2 Å². The molecule has 1 rings (SSSR count). The second-order valence-electron chi connectivity index (χ2n) is 2.66. The Hall–Kier alpha value is -0.810. The van der Waals surface area contributed by atoms with Crippen molar-refractivity contribution in [2.24, 2.45) is 0 Å². The highest BCUT2D eigenvalue weighted by molar-refractivity contribution is 6.32. The van der Waals surface area contributed by atoms with Gasteiger partial charge >= 0.3 is 6.36 Å². The van der Waals surface area contributed by atoms with Gasteiger partial charge in [-0.15, -0.1) is 24.8 Å². The van der Waals surface area contributed by atoms with Crippen molar-refractivity contribution in [3.05, 3.63) is 22.7 Å². The summed E-state index contributed by atoms with van der Waals surface area (Å²) in [5.74, 6) is -0.465. The Labute approximate surface area is 93.7 Å². The van der Waals surface area contributed by atoms with Gasteiger partial charge in [0, 0.05) is 17.6 Å². The maximum Gasteiger partial charge on any atom is 0.573 e. The fourth-order valence-corrected chi connectivity index (χ4v) is 1.39. The highest BCUT2D eigenvalue weighted by Gasteiger charge is 2.32. The van der Waals surface area contributed by atoms with E-state index >= 15 is 0 Å². The first-order valence-electron chi connectivity index (χ1n) is 3.73. The van der Waals surface area contributed by atoms with E-state index in [4.69, 9.17) is 28.9 Å². The molecular formula is C8H6Cl2F3NO. The summed E-state index contributed by atoms with van der Waals surface area (Å²) in [4.78, 5) is 0. The zero-order valence-corrected chi connectivity index (χ0v) is 8.75. The lowest BCUT2D eigenvalue weighted by molar-refractivity contribution is -0.274. The van der Waals surface area contributed by atoms with E-state index in [1.165, 1.54) is 6.07 Å². The number of ether oxygens (including phenoxy) is 1. The molecule has 0 amide bonds. The Bertz CT molecular complexity index is 368. The molecule has 0 saturated carbocycles. The molecule has 0 fully saturated rings. The lowest BCUT2D eigenvalue weighted by Gasteiger charge is -2.12. The van der Waals surface area contributed by atoms with E-state index in [2.05, 4.69) is 4.74 Å². The highest BCUT2D eigenvalue weighted by Crippen LogP contribution is 2.34. The Morgan fingerprint density at radius 2 is 1.93 bits per heavy atom. The molecule has 15 heavy (non-hydrogen) atoms. The van der Waals surface area contributed by atoms with E-state index in [-0.39, 0.29) is 16.6 Å². The largest absolute Gasteiger partial charge is 0.573 e. The molecule has 2 N–H and O–H groups in total. The van der Waals surface area contributed by atoms with Crippen LogP contribution in [0.15, 0.2) is 12.1 Å². The van der Waals surface area contributed by atoms with Crippen LogP contribution < -0.4 is 10.5 Å². The van der Waals surface area contributed by atoms with Crippen LogP contribution in [0, 0.1) is 0 Å². The monoisotopic (exact) mass is 259 g/mol. The van der Waals surface area contributed by atoms with Gasteiger partial charge in [-0.25, -0.2) is 0 Å². The smallest absolute Gasteiger partial charge is 0.404 e. The Morgan fingerprint density at radius 3 is 2.40 bits per heavy atom. The third-order valence-electron chi connectivity index (χ3n) is 1.56. The predicted octanol–water partition coefficient (Wildman–Crippen LogP) is 3.56. The third-order valence-corrected chi connectivity index (χ3v) is 2.15. The molecular weight excluding hydrogens is 254 g/mol. The van der Waals surface area contributed by atoms with Gasteiger partial charge in [-0.05, 0) is 11.6 Å². The molecule has 1 aromatic carbocycles. The second-order valence-corrected chi connectivity index (χ2v) is 3.34. The van der Waals surface area contributed by atoms with Crippen LogP contribution in [0.2, 0.25) is 5.02 Å². The normalized spacial score (nSPS) is 11.5. The van der Waals surface area contributed by atoms with Gasteiger partial charge in [0.2, 0.25) is 0 Å². The molecule has 0 aromatic heterocycles. The second kappa shape index (κ2) is 4.37. The lowest BCUT2D eigenvalue weighted by Crippen LogP contribution is -2.17. The number of benzene rings is 1. The van der Waals surface area contributed by atoms with Gasteiger partial charge in [0.1, 0.15) is 5.75 Å². The zero-order chi connectivity index (χ0) is 11.6. The van der Waals surface area contributed by atoms with Crippen molar-refractivity contribution in [3.63, 3.8) is 0 Å². The Kier molecular flexibility index (Phi) is 3.57. The maximum atomic E-state index is 11.9. The van der Waals surface area contributed by atoms with Gasteiger partial charge in [-0.2, -0.15) is 0 Å². The van der Waals surface area contributed by atoms with Crippen molar-refractivity contribution in [2.45, 2.75) is 12.2 Å². The van der Waals surface area contributed by atoms with Crippen molar-refractivity contribution in [2.75, 3.05) is 5.73 Å². The molecule has 0 aliphatic heterocycles. The van der Waals surface area contributed by atoms with Gasteiger partial charge < -0.3 is 10.5 Å². The number of hydrogen-bond donors (Lipinski definition) is 1. The minimum atomic E-state index is -4.79. The van der Waals surface area contributed by atoms with Crippen LogP contribution in [-0.2, 0) is 5.88 Å². The molecule has 0 spiro atoms. The average molecular weight is 260 g/mol. The number of nitrogens with two attached hydrogens (primary N) is 1. The fourth-order valence-electron chi connectivity index (χ4n) is 0.929. The first-order valence-corrected chi connectivity index (χ1v) is 4.64.